The summed E-state index contributed by atoms with van der Waals surface area (Å²) in [6.45, 7) is 1.11. The highest BCUT2D eigenvalue weighted by Crippen LogP contribution is 2.35. The van der Waals surface area contributed by atoms with Crippen molar-refractivity contribution in [2.24, 2.45) is 0 Å². The normalized spacial score (nSPS) is 20.2. The molecule has 2 unspecified atom stereocenters. The van der Waals surface area contributed by atoms with Gasteiger partial charge in [0.25, 0.3) is 30.6 Å². The van der Waals surface area contributed by atoms with Gasteiger partial charge in [-0.25, -0.2) is 28.1 Å². The van der Waals surface area contributed by atoms with Crippen LogP contribution in [0, 0.1) is 17.5 Å². The maximum absolute atomic E-state index is 13.5. The third-order valence-electron chi connectivity index (χ3n) is 15.6. The quantitative estimate of drug-likeness (QED) is 0.0307. The maximum Gasteiger partial charge on any atom is 0.280 e. The fourth-order valence-corrected chi connectivity index (χ4v) is 18.3. The van der Waals surface area contributed by atoms with Gasteiger partial charge < -0.3 is 30.2 Å². The van der Waals surface area contributed by atoms with Crippen molar-refractivity contribution in [3.8, 4) is 0 Å². The summed E-state index contributed by atoms with van der Waals surface area (Å²) in [7, 11) is -12.1. The Morgan fingerprint density at radius 3 is 0.931 bits per heavy atom. The highest BCUT2D eigenvalue weighted by atomic mass is 35.5. The average molecular weight is 1580 g/mol. The fourth-order valence-electron chi connectivity index (χ4n) is 10.8. The molecule has 3 amide bonds. The molecule has 0 spiro atoms. The molecule has 3 aliphatic rings. The SMILES string of the molecule is O=C(Nc1ccc(F)c(Cl)c1)C1CC(c2nccs2)NS(=O)(=O)N1CCOCc1ccccc1.O=C(Nc1ccc(F)c(Cl)c1)[C@@H]1C[C@H](c2nccs2)NS(=O)(=O)N1CCOCc1ccccc1.O=C(Nc1ccc(F)c(Cl)c1)[C@H]1C[C@@H](c2nccs2)NS(=O)(=O)N1CCOCc1ccccc1. The summed E-state index contributed by atoms with van der Waals surface area (Å²) in [6, 6.07) is 34.7. The molecule has 0 bridgehead atoms. The molecule has 36 heteroatoms. The zero-order chi connectivity index (χ0) is 72.4. The van der Waals surface area contributed by atoms with E-state index in [1.165, 1.54) is 70.4 Å². The fraction of sp³-hybridized carbons (Fsp3) is 0.273. The van der Waals surface area contributed by atoms with Crippen LogP contribution in [0.3, 0.4) is 0 Å². The predicted molar refractivity (Wildman–Crippen MR) is 384 cm³/mol. The lowest BCUT2D eigenvalue weighted by Crippen LogP contribution is -2.58. The number of ether oxygens (including phenoxy) is 3. The summed E-state index contributed by atoms with van der Waals surface area (Å²) in [4.78, 5) is 52.2. The number of carbonyl (C=O) groups excluding carboxylic acids is 3. The van der Waals surface area contributed by atoms with Gasteiger partial charge in [0.2, 0.25) is 17.7 Å². The molecule has 3 aromatic heterocycles. The molecule has 3 aliphatic heterocycles. The van der Waals surface area contributed by atoms with Crippen molar-refractivity contribution >= 4 is 134 Å². The van der Waals surface area contributed by atoms with Gasteiger partial charge in [-0.05, 0) is 90.6 Å². The van der Waals surface area contributed by atoms with Gasteiger partial charge in [-0.1, -0.05) is 126 Å². The Labute approximate surface area is 614 Å². The van der Waals surface area contributed by atoms with Crippen LogP contribution in [0.5, 0.6) is 0 Å². The van der Waals surface area contributed by atoms with E-state index in [0.717, 1.165) is 47.8 Å². The lowest BCUT2D eigenvalue weighted by Gasteiger charge is -2.37. The van der Waals surface area contributed by atoms with Crippen LogP contribution in [0.15, 0.2) is 180 Å². The van der Waals surface area contributed by atoms with Crippen molar-refractivity contribution in [1.82, 2.24) is 42.0 Å². The summed E-state index contributed by atoms with van der Waals surface area (Å²) in [5.41, 5.74) is 3.64. The van der Waals surface area contributed by atoms with E-state index in [1.807, 2.05) is 91.0 Å². The van der Waals surface area contributed by atoms with Crippen LogP contribution in [0.2, 0.25) is 15.1 Å². The minimum Gasteiger partial charge on any atom is -0.375 e. The third kappa shape index (κ3) is 21.5. The van der Waals surface area contributed by atoms with Crippen LogP contribution in [0.1, 0.15) is 69.1 Å². The molecule has 6 N–H and O–H groups in total. The van der Waals surface area contributed by atoms with Crippen LogP contribution >= 0.6 is 68.8 Å². The Hall–Kier alpha value is -7.23. The van der Waals surface area contributed by atoms with E-state index in [2.05, 4.69) is 45.1 Å². The maximum atomic E-state index is 13.5. The number of rotatable bonds is 24. The van der Waals surface area contributed by atoms with Gasteiger partial charge in [0.05, 0.1) is 72.8 Å². The summed E-state index contributed by atoms with van der Waals surface area (Å²) < 4.78 is 147. The van der Waals surface area contributed by atoms with Crippen molar-refractivity contribution < 1.29 is 67.0 Å². The molecule has 6 aromatic carbocycles. The Kier molecular flexibility index (Phi) is 27.7. The number of aromatic nitrogens is 3. The van der Waals surface area contributed by atoms with Crippen molar-refractivity contribution in [3.05, 3.63) is 245 Å². The number of amides is 3. The molecule has 6 heterocycles. The molecule has 6 atom stereocenters. The minimum absolute atomic E-state index is 0.0327. The van der Waals surface area contributed by atoms with Gasteiger partial charge in [-0.15, -0.1) is 34.0 Å². The monoisotopic (exact) mass is 1570 g/mol. The summed E-state index contributed by atoms with van der Waals surface area (Å²) in [5.74, 6) is -3.53. The Bertz CT molecular complexity index is 4150. The largest absolute Gasteiger partial charge is 0.375 e. The topological polar surface area (TPSA) is 302 Å². The molecule has 12 rings (SSSR count). The number of nitrogens with zero attached hydrogens (tertiary/aromatic N) is 6. The Morgan fingerprint density at radius 2 is 0.696 bits per heavy atom. The van der Waals surface area contributed by atoms with Crippen molar-refractivity contribution in [2.45, 2.75) is 75.3 Å². The van der Waals surface area contributed by atoms with Crippen molar-refractivity contribution in [1.29, 1.82) is 0 Å². The van der Waals surface area contributed by atoms with Gasteiger partial charge in [0.1, 0.15) is 50.6 Å². The van der Waals surface area contributed by atoms with Crippen LogP contribution in [0.25, 0.3) is 0 Å². The van der Waals surface area contributed by atoms with E-state index in [-0.39, 0.29) is 90.8 Å². The lowest BCUT2D eigenvalue weighted by atomic mass is 10.1. The second-order valence-corrected chi connectivity index (χ2v) is 31.7. The number of nitrogens with one attached hydrogen (secondary N) is 6. The highest BCUT2D eigenvalue weighted by molar-refractivity contribution is 7.87. The molecule has 540 valence electrons. The first kappa shape index (κ1) is 77.4. The number of carbonyl (C=O) groups is 3. The van der Waals surface area contributed by atoms with E-state index in [9.17, 15) is 52.8 Å². The average Bonchev–Trinajstić information content (AvgIpc) is 1.03. The van der Waals surface area contributed by atoms with Crippen molar-refractivity contribution in [3.63, 3.8) is 0 Å². The standard InChI is InChI=1S/3C22H22ClFN4O4S2/c3*23-17-12-16(6-7-18(17)24)26-21(29)20-13-19(22-25-8-11-33-22)27-34(30,31)28(20)9-10-32-14-15-4-2-1-3-5-15/h3*1-8,11-12,19-20,27H,9-10,13-14H2,(H,26,29)/t2*19-,20+;/m10./s1. The zero-order valence-corrected chi connectivity index (χ0v) is 60.7. The number of hydrogen-bond acceptors (Lipinski definition) is 18. The van der Waals surface area contributed by atoms with E-state index >= 15 is 0 Å². The smallest absolute Gasteiger partial charge is 0.280 e. The summed E-state index contributed by atoms with van der Waals surface area (Å²) in [6.07, 6.45) is 5.21. The first-order valence-corrected chi connectivity index (χ1v) is 39.3. The predicted octanol–water partition coefficient (Wildman–Crippen LogP) is 11.2. The lowest BCUT2D eigenvalue weighted by molar-refractivity contribution is -0.121. The summed E-state index contributed by atoms with van der Waals surface area (Å²) in [5, 5.41) is 14.4. The van der Waals surface area contributed by atoms with E-state index in [0.29, 0.717) is 34.8 Å². The third-order valence-corrected chi connectivity index (χ3v) is 24.1. The number of thiazole rings is 3. The minimum atomic E-state index is -4.02. The number of halogens is 6. The Balaban J connectivity index is 0.000000165. The second kappa shape index (κ2) is 36.5. The number of anilines is 3. The van der Waals surface area contributed by atoms with Gasteiger partial charge in [-0.3, -0.25) is 14.4 Å². The van der Waals surface area contributed by atoms with Crippen LogP contribution in [-0.4, -0.2) is 128 Å². The molecule has 3 saturated heterocycles. The van der Waals surface area contributed by atoms with Gasteiger partial charge in [-0.2, -0.15) is 52.3 Å². The highest BCUT2D eigenvalue weighted by Gasteiger charge is 2.46. The number of hydrogen-bond donors (Lipinski definition) is 6. The molecule has 102 heavy (non-hydrogen) atoms. The van der Waals surface area contributed by atoms with Crippen LogP contribution in [-0.2, 0) is 79.0 Å². The first-order valence-electron chi connectivity index (χ1n) is 31.2. The van der Waals surface area contributed by atoms with E-state index in [4.69, 9.17) is 49.0 Å². The first-order chi connectivity index (χ1) is 49.0. The molecule has 0 saturated carbocycles. The number of benzene rings is 6. The Morgan fingerprint density at radius 1 is 0.431 bits per heavy atom. The molecule has 9 aromatic rings. The van der Waals surface area contributed by atoms with E-state index < -0.39 is 102 Å². The molecular weight excluding hydrogens is 1510 g/mol. The van der Waals surface area contributed by atoms with E-state index in [1.54, 1.807) is 34.7 Å². The molecule has 0 radical (unpaired) electrons. The van der Waals surface area contributed by atoms with Crippen molar-refractivity contribution in [2.75, 3.05) is 55.4 Å². The summed E-state index contributed by atoms with van der Waals surface area (Å²) >= 11 is 21.3. The zero-order valence-electron chi connectivity index (χ0n) is 53.6. The van der Waals surface area contributed by atoms with Gasteiger partial charge in [0, 0.05) is 71.4 Å². The van der Waals surface area contributed by atoms with Crippen LogP contribution < -0.4 is 30.1 Å². The second-order valence-electron chi connectivity index (χ2n) is 22.7. The molecule has 24 nitrogen and oxygen atoms in total. The molecule has 3 fully saturated rings. The molecular formula is C66H66Cl3F3N12O12S6. The van der Waals surface area contributed by atoms with Crippen LogP contribution in [0.4, 0.5) is 30.2 Å². The molecule has 0 aliphatic carbocycles. The van der Waals surface area contributed by atoms with Gasteiger partial charge in [0.15, 0.2) is 0 Å². The van der Waals surface area contributed by atoms with Gasteiger partial charge >= 0.3 is 0 Å².